The zero-order valence-electron chi connectivity index (χ0n) is 9.71. The van der Waals surface area contributed by atoms with E-state index in [9.17, 15) is 4.39 Å². The first-order valence-electron chi connectivity index (χ1n) is 5.26. The highest BCUT2D eigenvalue weighted by Gasteiger charge is 2.06. The van der Waals surface area contributed by atoms with Crippen LogP contribution in [0.25, 0.3) is 0 Å². The fourth-order valence-electron chi connectivity index (χ4n) is 1.55. The molecule has 0 fully saturated rings. The summed E-state index contributed by atoms with van der Waals surface area (Å²) in [5.41, 5.74) is 7.08. The van der Waals surface area contributed by atoms with Gasteiger partial charge in [-0.05, 0) is 46.3 Å². The Morgan fingerprint density at radius 3 is 2.72 bits per heavy atom. The molecule has 0 aromatic heterocycles. The van der Waals surface area contributed by atoms with E-state index >= 15 is 0 Å². The van der Waals surface area contributed by atoms with Crippen molar-refractivity contribution in [1.29, 1.82) is 0 Å². The minimum Gasteiger partial charge on any atom is -0.496 e. The van der Waals surface area contributed by atoms with E-state index in [1.165, 1.54) is 6.07 Å². The fourth-order valence-corrected chi connectivity index (χ4v) is 2.09. The number of hydrogen-bond donors (Lipinski definition) is 2. The molecular weight excluding hydrogens is 299 g/mol. The monoisotopic (exact) mass is 310 g/mol. The smallest absolute Gasteiger partial charge is 0.148 e. The first-order chi connectivity index (χ1) is 8.61. The molecule has 0 saturated heterocycles. The Morgan fingerprint density at radius 2 is 2.06 bits per heavy atom. The average molecular weight is 311 g/mol. The number of nitrogens with two attached hydrogens (primary N) is 1. The second-order valence-electron chi connectivity index (χ2n) is 3.68. The van der Waals surface area contributed by atoms with Crippen molar-refractivity contribution in [2.24, 2.45) is 0 Å². The molecule has 0 heterocycles. The highest BCUT2D eigenvalue weighted by atomic mass is 79.9. The van der Waals surface area contributed by atoms with E-state index in [0.717, 1.165) is 15.9 Å². The molecule has 0 spiro atoms. The summed E-state index contributed by atoms with van der Waals surface area (Å²) in [6.45, 7) is 0. The van der Waals surface area contributed by atoms with Gasteiger partial charge in [0.2, 0.25) is 0 Å². The van der Waals surface area contributed by atoms with Crippen molar-refractivity contribution in [3.63, 3.8) is 0 Å². The summed E-state index contributed by atoms with van der Waals surface area (Å²) < 4.78 is 19.2. The van der Waals surface area contributed by atoms with E-state index in [0.29, 0.717) is 5.69 Å². The summed E-state index contributed by atoms with van der Waals surface area (Å²) in [5, 5.41) is 3.05. The van der Waals surface area contributed by atoms with Crippen LogP contribution in [0.5, 0.6) is 5.75 Å². The van der Waals surface area contributed by atoms with Gasteiger partial charge in [-0.3, -0.25) is 0 Å². The van der Waals surface area contributed by atoms with Gasteiger partial charge in [-0.1, -0.05) is 6.07 Å². The minimum atomic E-state index is -0.437. The number of ether oxygens (including phenoxy) is 1. The van der Waals surface area contributed by atoms with E-state index in [4.69, 9.17) is 10.5 Å². The molecule has 2 rings (SSSR count). The Bertz CT molecular complexity index is 575. The molecule has 0 unspecified atom stereocenters. The molecule has 0 amide bonds. The molecule has 0 aliphatic rings. The van der Waals surface area contributed by atoms with E-state index in [1.54, 1.807) is 19.2 Å². The van der Waals surface area contributed by atoms with Gasteiger partial charge in [0.25, 0.3) is 0 Å². The summed E-state index contributed by atoms with van der Waals surface area (Å²) in [6, 6.07) is 10.1. The summed E-state index contributed by atoms with van der Waals surface area (Å²) >= 11 is 3.38. The zero-order valence-corrected chi connectivity index (χ0v) is 11.3. The molecule has 0 radical (unpaired) electrons. The Balaban J connectivity index is 2.29. The van der Waals surface area contributed by atoms with Crippen molar-refractivity contribution in [2.45, 2.75) is 0 Å². The van der Waals surface area contributed by atoms with Gasteiger partial charge in [-0.15, -0.1) is 0 Å². The van der Waals surface area contributed by atoms with Crippen LogP contribution in [-0.2, 0) is 0 Å². The molecule has 0 bridgehead atoms. The maximum Gasteiger partial charge on any atom is 0.148 e. The molecule has 18 heavy (non-hydrogen) atoms. The Kier molecular flexibility index (Phi) is 3.72. The van der Waals surface area contributed by atoms with Crippen molar-refractivity contribution in [3.05, 3.63) is 46.7 Å². The number of para-hydroxylation sites is 1. The normalized spacial score (nSPS) is 10.2. The number of anilines is 3. The summed E-state index contributed by atoms with van der Waals surface area (Å²) in [6.07, 6.45) is 0. The third-order valence-corrected chi connectivity index (χ3v) is 3.10. The van der Waals surface area contributed by atoms with Gasteiger partial charge in [-0.2, -0.15) is 0 Å². The standard InChI is InChI=1S/C13H12BrFN2O/c1-18-12-6-5-8(7-9(12)14)17-11-4-2-3-10(15)13(11)16/h2-7,17H,16H2,1H3. The molecule has 0 atom stereocenters. The molecule has 0 aliphatic carbocycles. The lowest BCUT2D eigenvalue weighted by molar-refractivity contribution is 0.412. The van der Waals surface area contributed by atoms with Crippen LogP contribution in [0.2, 0.25) is 0 Å². The van der Waals surface area contributed by atoms with Gasteiger partial charge in [0.05, 0.1) is 23.0 Å². The number of nitrogen functional groups attached to an aromatic ring is 1. The lowest BCUT2D eigenvalue weighted by Crippen LogP contribution is -1.98. The highest BCUT2D eigenvalue weighted by molar-refractivity contribution is 9.10. The zero-order chi connectivity index (χ0) is 13.1. The van der Waals surface area contributed by atoms with Crippen molar-refractivity contribution in [3.8, 4) is 5.75 Å². The molecule has 2 aromatic rings. The summed E-state index contributed by atoms with van der Waals surface area (Å²) in [7, 11) is 1.59. The first-order valence-corrected chi connectivity index (χ1v) is 6.05. The lowest BCUT2D eigenvalue weighted by Gasteiger charge is -2.11. The molecule has 5 heteroatoms. The molecular formula is C13H12BrFN2O. The lowest BCUT2D eigenvalue weighted by atomic mass is 10.2. The van der Waals surface area contributed by atoms with Crippen molar-refractivity contribution >= 4 is 33.0 Å². The molecule has 3 N–H and O–H groups in total. The number of hydrogen-bond acceptors (Lipinski definition) is 3. The number of halogens is 2. The summed E-state index contributed by atoms with van der Waals surface area (Å²) in [5.74, 6) is 0.292. The van der Waals surface area contributed by atoms with Crippen molar-refractivity contribution in [1.82, 2.24) is 0 Å². The van der Waals surface area contributed by atoms with E-state index in [1.807, 2.05) is 18.2 Å². The van der Waals surface area contributed by atoms with Crippen molar-refractivity contribution in [2.75, 3.05) is 18.2 Å². The SMILES string of the molecule is COc1ccc(Nc2cccc(F)c2N)cc1Br. The largest absolute Gasteiger partial charge is 0.496 e. The maximum absolute atomic E-state index is 13.3. The average Bonchev–Trinajstić information content (AvgIpc) is 2.35. The quantitative estimate of drug-likeness (QED) is 0.845. The van der Waals surface area contributed by atoms with E-state index in [-0.39, 0.29) is 5.69 Å². The minimum absolute atomic E-state index is 0.101. The van der Waals surface area contributed by atoms with Crippen LogP contribution >= 0.6 is 15.9 Å². The van der Waals surface area contributed by atoms with Gasteiger partial charge in [0, 0.05) is 5.69 Å². The Hall–Kier alpha value is -1.75. The predicted octanol–water partition coefficient (Wildman–Crippen LogP) is 3.92. The van der Waals surface area contributed by atoms with E-state index < -0.39 is 5.82 Å². The second kappa shape index (κ2) is 5.27. The van der Waals surface area contributed by atoms with Gasteiger partial charge >= 0.3 is 0 Å². The third kappa shape index (κ3) is 2.56. The van der Waals surface area contributed by atoms with Crippen LogP contribution in [0.4, 0.5) is 21.5 Å². The number of methoxy groups -OCH3 is 1. The Morgan fingerprint density at radius 1 is 1.28 bits per heavy atom. The van der Waals surface area contributed by atoms with Crippen LogP contribution in [0.15, 0.2) is 40.9 Å². The predicted molar refractivity (Wildman–Crippen MR) is 74.8 cm³/mol. The van der Waals surface area contributed by atoms with Crippen LogP contribution in [0.1, 0.15) is 0 Å². The van der Waals surface area contributed by atoms with Crippen LogP contribution < -0.4 is 15.8 Å². The first kappa shape index (κ1) is 12.7. The third-order valence-electron chi connectivity index (χ3n) is 2.48. The van der Waals surface area contributed by atoms with Gasteiger partial charge in [0.15, 0.2) is 0 Å². The Labute approximate surface area is 113 Å². The highest BCUT2D eigenvalue weighted by Crippen LogP contribution is 2.31. The topological polar surface area (TPSA) is 47.3 Å². The van der Waals surface area contributed by atoms with Gasteiger partial charge < -0.3 is 15.8 Å². The maximum atomic E-state index is 13.3. The number of rotatable bonds is 3. The summed E-state index contributed by atoms with van der Waals surface area (Å²) in [4.78, 5) is 0. The molecule has 0 aliphatic heterocycles. The molecule has 0 saturated carbocycles. The van der Waals surface area contributed by atoms with Gasteiger partial charge in [0.1, 0.15) is 11.6 Å². The molecule has 3 nitrogen and oxygen atoms in total. The second-order valence-corrected chi connectivity index (χ2v) is 4.53. The van der Waals surface area contributed by atoms with Crippen molar-refractivity contribution < 1.29 is 9.13 Å². The van der Waals surface area contributed by atoms with Gasteiger partial charge in [-0.25, -0.2) is 4.39 Å². The van der Waals surface area contributed by atoms with Crippen LogP contribution in [-0.4, -0.2) is 7.11 Å². The fraction of sp³-hybridized carbons (Fsp3) is 0.0769. The molecule has 94 valence electrons. The number of benzene rings is 2. The van der Waals surface area contributed by atoms with Crippen LogP contribution in [0.3, 0.4) is 0 Å². The van der Waals surface area contributed by atoms with Crippen LogP contribution in [0, 0.1) is 5.82 Å². The number of nitrogens with one attached hydrogen (secondary N) is 1. The van der Waals surface area contributed by atoms with E-state index in [2.05, 4.69) is 21.2 Å². The molecule has 2 aromatic carbocycles.